The molecule has 0 amide bonds. The molecule has 1 heteroatoms. The molecular weight excluding hydrogens is 160 g/mol. The third kappa shape index (κ3) is 2.56. The van der Waals surface area contributed by atoms with Crippen LogP contribution in [0.2, 0.25) is 0 Å². The van der Waals surface area contributed by atoms with Crippen molar-refractivity contribution in [2.24, 2.45) is 0 Å². The van der Waals surface area contributed by atoms with Crippen molar-refractivity contribution in [2.75, 3.05) is 7.11 Å². The highest BCUT2D eigenvalue weighted by Gasteiger charge is 2.03. The van der Waals surface area contributed by atoms with Gasteiger partial charge in [0.15, 0.2) is 0 Å². The van der Waals surface area contributed by atoms with Crippen LogP contribution in [0.4, 0.5) is 0 Å². The van der Waals surface area contributed by atoms with Gasteiger partial charge in [-0.05, 0) is 29.5 Å². The van der Waals surface area contributed by atoms with E-state index < -0.39 is 0 Å². The van der Waals surface area contributed by atoms with Crippen molar-refractivity contribution in [3.63, 3.8) is 0 Å². The number of methoxy groups -OCH3 is 1. The zero-order chi connectivity index (χ0) is 9.84. The van der Waals surface area contributed by atoms with Crippen molar-refractivity contribution >= 4 is 0 Å². The van der Waals surface area contributed by atoms with E-state index in [2.05, 4.69) is 39.0 Å². The van der Waals surface area contributed by atoms with Crippen molar-refractivity contribution in [3.05, 3.63) is 34.9 Å². The molecule has 1 rings (SSSR count). The lowest BCUT2D eigenvalue weighted by molar-refractivity contribution is 0.185. The fourth-order valence-electron chi connectivity index (χ4n) is 1.64. The lowest BCUT2D eigenvalue weighted by atomic mass is 9.96. The van der Waals surface area contributed by atoms with Crippen LogP contribution in [0.5, 0.6) is 0 Å². The smallest absolute Gasteiger partial charge is 0.0713 e. The Bertz CT molecular complexity index is 276. The molecular formula is C12H18O. The fraction of sp³-hybridized carbons (Fsp3) is 0.500. The van der Waals surface area contributed by atoms with Crippen molar-refractivity contribution in [1.82, 2.24) is 0 Å². The quantitative estimate of drug-likeness (QED) is 0.690. The third-order valence-electron chi connectivity index (χ3n) is 2.27. The summed E-state index contributed by atoms with van der Waals surface area (Å²) in [4.78, 5) is 0. The van der Waals surface area contributed by atoms with Gasteiger partial charge >= 0.3 is 0 Å². The summed E-state index contributed by atoms with van der Waals surface area (Å²) in [7, 11) is 1.73. The first-order chi connectivity index (χ1) is 6.15. The molecule has 0 fully saturated rings. The van der Waals surface area contributed by atoms with Crippen LogP contribution in [-0.2, 0) is 11.3 Å². The topological polar surface area (TPSA) is 9.23 Å². The molecule has 72 valence electrons. The molecule has 0 aliphatic carbocycles. The number of hydrogen-bond acceptors (Lipinski definition) is 1. The second-order valence-corrected chi connectivity index (χ2v) is 3.78. The minimum atomic E-state index is 0.608. The first kappa shape index (κ1) is 10.3. The van der Waals surface area contributed by atoms with Gasteiger partial charge in [-0.3, -0.25) is 0 Å². The molecule has 0 bridgehead atoms. The molecule has 1 aromatic carbocycles. The summed E-state index contributed by atoms with van der Waals surface area (Å²) in [5.74, 6) is 0.608. The standard InChI is InChI=1S/C12H18O/c1-9(2)12-6-5-11(8-13-4)7-10(12)3/h5-7,9H,8H2,1-4H3. The van der Waals surface area contributed by atoms with Gasteiger partial charge in [0.25, 0.3) is 0 Å². The predicted octanol–water partition coefficient (Wildman–Crippen LogP) is 3.26. The summed E-state index contributed by atoms with van der Waals surface area (Å²) in [5, 5.41) is 0. The molecule has 0 spiro atoms. The predicted molar refractivity (Wildman–Crippen MR) is 56.0 cm³/mol. The molecule has 0 heterocycles. The zero-order valence-corrected chi connectivity index (χ0v) is 8.92. The van der Waals surface area contributed by atoms with Crippen LogP contribution < -0.4 is 0 Å². The lowest BCUT2D eigenvalue weighted by Gasteiger charge is -2.10. The Kier molecular flexibility index (Phi) is 3.49. The maximum absolute atomic E-state index is 5.08. The van der Waals surface area contributed by atoms with Crippen molar-refractivity contribution < 1.29 is 4.74 Å². The van der Waals surface area contributed by atoms with Gasteiger partial charge in [0, 0.05) is 7.11 Å². The van der Waals surface area contributed by atoms with Gasteiger partial charge in [-0.2, -0.15) is 0 Å². The maximum atomic E-state index is 5.08. The van der Waals surface area contributed by atoms with Crippen LogP contribution in [0.15, 0.2) is 18.2 Å². The van der Waals surface area contributed by atoms with Crippen LogP contribution in [0.3, 0.4) is 0 Å². The minimum Gasteiger partial charge on any atom is -0.380 e. The van der Waals surface area contributed by atoms with Gasteiger partial charge in [-0.1, -0.05) is 32.0 Å². The summed E-state index contributed by atoms with van der Waals surface area (Å²) >= 11 is 0. The highest BCUT2D eigenvalue weighted by Crippen LogP contribution is 2.20. The number of rotatable bonds is 3. The van der Waals surface area contributed by atoms with Crippen molar-refractivity contribution in [3.8, 4) is 0 Å². The molecule has 13 heavy (non-hydrogen) atoms. The Balaban J connectivity index is 2.92. The van der Waals surface area contributed by atoms with E-state index in [4.69, 9.17) is 4.74 Å². The van der Waals surface area contributed by atoms with E-state index >= 15 is 0 Å². The average Bonchev–Trinajstić information content (AvgIpc) is 2.04. The van der Waals surface area contributed by atoms with Crippen molar-refractivity contribution in [2.45, 2.75) is 33.3 Å². The molecule has 0 atom stereocenters. The van der Waals surface area contributed by atoms with Crippen LogP contribution >= 0.6 is 0 Å². The first-order valence-electron chi connectivity index (χ1n) is 4.73. The van der Waals surface area contributed by atoms with Gasteiger partial charge in [0.05, 0.1) is 6.61 Å². The van der Waals surface area contributed by atoms with E-state index in [1.165, 1.54) is 16.7 Å². The number of ether oxygens (including phenoxy) is 1. The van der Waals surface area contributed by atoms with Gasteiger partial charge in [-0.15, -0.1) is 0 Å². The highest BCUT2D eigenvalue weighted by molar-refractivity contribution is 5.32. The second kappa shape index (κ2) is 4.43. The first-order valence-corrected chi connectivity index (χ1v) is 4.73. The third-order valence-corrected chi connectivity index (χ3v) is 2.27. The molecule has 1 aromatic rings. The average molecular weight is 178 g/mol. The summed E-state index contributed by atoms with van der Waals surface area (Å²) in [5.41, 5.74) is 4.05. The van der Waals surface area contributed by atoms with Gasteiger partial charge in [-0.25, -0.2) is 0 Å². The van der Waals surface area contributed by atoms with E-state index in [1.807, 2.05) is 0 Å². The zero-order valence-electron chi connectivity index (χ0n) is 8.92. The van der Waals surface area contributed by atoms with Gasteiger partial charge < -0.3 is 4.74 Å². The molecule has 0 saturated heterocycles. The molecule has 0 aliphatic rings. The summed E-state index contributed by atoms with van der Waals surface area (Å²) in [6, 6.07) is 6.55. The Morgan fingerprint density at radius 1 is 1.31 bits per heavy atom. The van der Waals surface area contributed by atoms with Gasteiger partial charge in [0.1, 0.15) is 0 Å². The fourth-order valence-corrected chi connectivity index (χ4v) is 1.64. The number of benzene rings is 1. The summed E-state index contributed by atoms with van der Waals surface area (Å²) in [6.45, 7) is 7.31. The highest BCUT2D eigenvalue weighted by atomic mass is 16.5. The van der Waals surface area contributed by atoms with Crippen LogP contribution in [0.1, 0.15) is 36.5 Å². The number of aryl methyl sites for hydroxylation is 1. The van der Waals surface area contributed by atoms with Gasteiger partial charge in [0.2, 0.25) is 0 Å². The minimum absolute atomic E-state index is 0.608. The van der Waals surface area contributed by atoms with Crippen molar-refractivity contribution in [1.29, 1.82) is 0 Å². The Hall–Kier alpha value is -0.820. The molecule has 0 aromatic heterocycles. The maximum Gasteiger partial charge on any atom is 0.0713 e. The lowest BCUT2D eigenvalue weighted by Crippen LogP contribution is -1.94. The second-order valence-electron chi connectivity index (χ2n) is 3.78. The summed E-state index contributed by atoms with van der Waals surface area (Å²) < 4.78 is 5.08. The molecule has 1 nitrogen and oxygen atoms in total. The van der Waals surface area contributed by atoms with E-state index in [0.29, 0.717) is 12.5 Å². The molecule has 0 saturated carbocycles. The monoisotopic (exact) mass is 178 g/mol. The van der Waals surface area contributed by atoms with E-state index in [0.717, 1.165) is 0 Å². The normalized spacial score (nSPS) is 10.8. The molecule has 0 radical (unpaired) electrons. The largest absolute Gasteiger partial charge is 0.380 e. The SMILES string of the molecule is COCc1ccc(C(C)C)c(C)c1. The van der Waals surface area contributed by atoms with E-state index in [9.17, 15) is 0 Å². The molecule has 0 aliphatic heterocycles. The molecule has 0 N–H and O–H groups in total. The Labute approximate surface area is 80.7 Å². The summed E-state index contributed by atoms with van der Waals surface area (Å²) in [6.07, 6.45) is 0. The van der Waals surface area contributed by atoms with E-state index in [-0.39, 0.29) is 0 Å². The number of hydrogen-bond donors (Lipinski definition) is 0. The van der Waals surface area contributed by atoms with Crippen LogP contribution in [0.25, 0.3) is 0 Å². The Morgan fingerprint density at radius 3 is 2.46 bits per heavy atom. The Morgan fingerprint density at radius 2 is 2.00 bits per heavy atom. The van der Waals surface area contributed by atoms with E-state index in [1.54, 1.807) is 7.11 Å². The van der Waals surface area contributed by atoms with Crippen LogP contribution in [0, 0.1) is 6.92 Å². The van der Waals surface area contributed by atoms with Crippen LogP contribution in [-0.4, -0.2) is 7.11 Å². The molecule has 0 unspecified atom stereocenters.